The first-order valence-corrected chi connectivity index (χ1v) is 11.7. The standard InChI is InChI=1S/C27H29N3O4/c1-3-4-8-18-13-15-19(16-14-18)28-27(33)25-17(2)24-21(10-7-12-23(24)34-25)29-30-26(32)20-9-5-6-11-22(20)31/h5-6,9,11,13-16,31H,3-4,7-8,10,12H2,1-2H3,(H,28,33)(H,30,32)/b29-21+. The molecular weight excluding hydrogens is 430 g/mol. The Kier molecular flexibility index (Phi) is 7.11. The Morgan fingerprint density at radius 2 is 1.82 bits per heavy atom. The molecule has 176 valence electrons. The molecule has 0 unspecified atom stereocenters. The van der Waals surface area contributed by atoms with Crippen LogP contribution in [0.4, 0.5) is 5.69 Å². The second kappa shape index (κ2) is 10.4. The van der Waals surface area contributed by atoms with E-state index in [1.165, 1.54) is 17.7 Å². The molecule has 0 atom stereocenters. The molecule has 7 nitrogen and oxygen atoms in total. The number of unbranched alkanes of at least 4 members (excludes halogenated alkanes) is 1. The predicted molar refractivity (Wildman–Crippen MR) is 132 cm³/mol. The number of phenols is 1. The van der Waals surface area contributed by atoms with Gasteiger partial charge in [0.05, 0.1) is 11.3 Å². The van der Waals surface area contributed by atoms with E-state index in [1.807, 2.05) is 31.2 Å². The summed E-state index contributed by atoms with van der Waals surface area (Å²) < 4.78 is 5.94. The number of nitrogens with one attached hydrogen (secondary N) is 2. The number of nitrogens with zero attached hydrogens (tertiary/aromatic N) is 1. The Balaban J connectivity index is 1.51. The van der Waals surface area contributed by atoms with Crippen molar-refractivity contribution < 1.29 is 19.1 Å². The molecule has 3 aromatic rings. The van der Waals surface area contributed by atoms with Gasteiger partial charge < -0.3 is 14.8 Å². The first-order valence-electron chi connectivity index (χ1n) is 11.7. The van der Waals surface area contributed by atoms with E-state index in [0.29, 0.717) is 35.6 Å². The van der Waals surface area contributed by atoms with Gasteiger partial charge in [-0.2, -0.15) is 5.10 Å². The fraction of sp³-hybridized carbons (Fsp3) is 0.296. The molecular formula is C27H29N3O4. The van der Waals surface area contributed by atoms with E-state index in [-0.39, 0.29) is 23.0 Å². The van der Waals surface area contributed by atoms with Crippen LogP contribution in [0, 0.1) is 6.92 Å². The summed E-state index contributed by atoms with van der Waals surface area (Å²) in [5.74, 6) is 0.0208. The molecule has 1 aliphatic rings. The Morgan fingerprint density at radius 1 is 1.06 bits per heavy atom. The molecule has 0 spiro atoms. The van der Waals surface area contributed by atoms with Crippen LogP contribution in [0.1, 0.15) is 76.0 Å². The number of benzene rings is 2. The van der Waals surface area contributed by atoms with Gasteiger partial charge in [-0.1, -0.05) is 37.6 Å². The molecule has 3 N–H and O–H groups in total. The average Bonchev–Trinajstić information content (AvgIpc) is 3.19. The highest BCUT2D eigenvalue weighted by Crippen LogP contribution is 2.30. The highest BCUT2D eigenvalue weighted by Gasteiger charge is 2.28. The van der Waals surface area contributed by atoms with Crippen LogP contribution >= 0.6 is 0 Å². The fourth-order valence-electron chi connectivity index (χ4n) is 4.16. The van der Waals surface area contributed by atoms with E-state index in [9.17, 15) is 14.7 Å². The van der Waals surface area contributed by atoms with Crippen molar-refractivity contribution in [2.45, 2.75) is 52.4 Å². The number of phenolic OH excluding ortho intramolecular Hbond substituents is 1. The summed E-state index contributed by atoms with van der Waals surface area (Å²) >= 11 is 0. The van der Waals surface area contributed by atoms with E-state index in [1.54, 1.807) is 12.1 Å². The lowest BCUT2D eigenvalue weighted by atomic mass is 9.93. The maximum absolute atomic E-state index is 13.0. The summed E-state index contributed by atoms with van der Waals surface area (Å²) in [6.07, 6.45) is 5.45. The molecule has 7 heteroatoms. The molecule has 0 bridgehead atoms. The molecule has 34 heavy (non-hydrogen) atoms. The van der Waals surface area contributed by atoms with Gasteiger partial charge in [-0.3, -0.25) is 9.59 Å². The fourth-order valence-corrected chi connectivity index (χ4v) is 4.16. The maximum atomic E-state index is 13.0. The first-order chi connectivity index (χ1) is 16.5. The Hall–Kier alpha value is -3.87. The molecule has 0 radical (unpaired) electrons. The van der Waals surface area contributed by atoms with Crippen LogP contribution in [-0.4, -0.2) is 22.6 Å². The number of furan rings is 1. The zero-order valence-electron chi connectivity index (χ0n) is 19.5. The Labute approximate surface area is 198 Å². The molecule has 1 aromatic heterocycles. The number of carbonyl (C=O) groups is 2. The number of hydrazone groups is 1. The van der Waals surface area contributed by atoms with Crippen LogP contribution in [0.2, 0.25) is 0 Å². The molecule has 4 rings (SSSR count). The minimum atomic E-state index is -0.501. The lowest BCUT2D eigenvalue weighted by molar-refractivity contribution is 0.0950. The number of fused-ring (bicyclic) bond motifs is 1. The molecule has 1 aliphatic carbocycles. The van der Waals surface area contributed by atoms with Crippen molar-refractivity contribution in [3.05, 3.63) is 82.3 Å². The number of carbonyl (C=O) groups excluding carboxylic acids is 2. The van der Waals surface area contributed by atoms with Gasteiger partial charge >= 0.3 is 0 Å². The number of para-hydroxylation sites is 1. The van der Waals surface area contributed by atoms with Gasteiger partial charge in [0.25, 0.3) is 11.8 Å². The van der Waals surface area contributed by atoms with Crippen molar-refractivity contribution in [1.82, 2.24) is 5.43 Å². The van der Waals surface area contributed by atoms with Crippen LogP contribution in [0.5, 0.6) is 5.75 Å². The molecule has 0 fully saturated rings. The lowest BCUT2D eigenvalue weighted by Gasteiger charge is -2.13. The summed E-state index contributed by atoms with van der Waals surface area (Å²) in [5, 5.41) is 17.1. The second-order valence-electron chi connectivity index (χ2n) is 8.48. The van der Waals surface area contributed by atoms with Gasteiger partial charge in [0.2, 0.25) is 0 Å². The third-order valence-electron chi connectivity index (χ3n) is 6.00. The number of hydrogen-bond donors (Lipinski definition) is 3. The van der Waals surface area contributed by atoms with Gasteiger partial charge in [0, 0.05) is 23.2 Å². The van der Waals surface area contributed by atoms with Crippen molar-refractivity contribution in [1.29, 1.82) is 0 Å². The number of aromatic hydroxyl groups is 1. The van der Waals surface area contributed by atoms with E-state index >= 15 is 0 Å². The monoisotopic (exact) mass is 459 g/mol. The van der Waals surface area contributed by atoms with E-state index < -0.39 is 5.91 Å². The molecule has 0 aliphatic heterocycles. The van der Waals surface area contributed by atoms with Crippen LogP contribution in [0.3, 0.4) is 0 Å². The molecule has 1 heterocycles. The summed E-state index contributed by atoms with van der Waals surface area (Å²) in [7, 11) is 0. The second-order valence-corrected chi connectivity index (χ2v) is 8.48. The third-order valence-corrected chi connectivity index (χ3v) is 6.00. The lowest BCUT2D eigenvalue weighted by Crippen LogP contribution is -2.22. The van der Waals surface area contributed by atoms with Crippen molar-refractivity contribution in [2.24, 2.45) is 5.10 Å². The van der Waals surface area contributed by atoms with Crippen molar-refractivity contribution in [3.63, 3.8) is 0 Å². The zero-order chi connectivity index (χ0) is 24.1. The predicted octanol–water partition coefficient (Wildman–Crippen LogP) is 5.36. The molecule has 0 saturated carbocycles. The number of amides is 2. The van der Waals surface area contributed by atoms with E-state index in [4.69, 9.17) is 4.42 Å². The van der Waals surface area contributed by atoms with Gasteiger partial charge in [0.15, 0.2) is 5.76 Å². The highest BCUT2D eigenvalue weighted by molar-refractivity contribution is 6.09. The SMILES string of the molecule is CCCCc1ccc(NC(=O)c2oc3c(c2C)/C(=N/NC(=O)c2ccccc2O)CCC3)cc1. The van der Waals surface area contributed by atoms with Crippen LogP contribution < -0.4 is 10.7 Å². The van der Waals surface area contributed by atoms with E-state index in [2.05, 4.69) is 22.8 Å². The summed E-state index contributed by atoms with van der Waals surface area (Å²) in [6.45, 7) is 3.99. The number of rotatable bonds is 7. The molecule has 2 amide bonds. The number of hydrogen-bond acceptors (Lipinski definition) is 5. The van der Waals surface area contributed by atoms with Gasteiger partial charge in [0.1, 0.15) is 11.5 Å². The van der Waals surface area contributed by atoms with Crippen LogP contribution in [0.15, 0.2) is 58.0 Å². The van der Waals surface area contributed by atoms with Crippen LogP contribution in [-0.2, 0) is 12.8 Å². The van der Waals surface area contributed by atoms with Gasteiger partial charge in [-0.25, -0.2) is 5.43 Å². The quantitative estimate of drug-likeness (QED) is 0.414. The average molecular weight is 460 g/mol. The first kappa shape index (κ1) is 23.3. The number of aryl methyl sites for hydroxylation is 2. The van der Waals surface area contributed by atoms with Gasteiger partial charge in [-0.15, -0.1) is 0 Å². The minimum Gasteiger partial charge on any atom is -0.507 e. The van der Waals surface area contributed by atoms with Gasteiger partial charge in [-0.05, 0) is 62.4 Å². The largest absolute Gasteiger partial charge is 0.507 e. The summed E-state index contributed by atoms with van der Waals surface area (Å²) in [6, 6.07) is 14.2. The molecule has 2 aromatic carbocycles. The maximum Gasteiger partial charge on any atom is 0.291 e. The topological polar surface area (TPSA) is 104 Å². The highest BCUT2D eigenvalue weighted by atomic mass is 16.4. The van der Waals surface area contributed by atoms with Crippen molar-refractivity contribution in [3.8, 4) is 5.75 Å². The Bertz CT molecular complexity index is 1230. The zero-order valence-corrected chi connectivity index (χ0v) is 19.5. The normalized spacial score (nSPS) is 14.0. The smallest absolute Gasteiger partial charge is 0.291 e. The minimum absolute atomic E-state index is 0.110. The molecule has 0 saturated heterocycles. The summed E-state index contributed by atoms with van der Waals surface area (Å²) in [4.78, 5) is 25.4. The Morgan fingerprint density at radius 3 is 2.56 bits per heavy atom. The van der Waals surface area contributed by atoms with E-state index in [0.717, 1.165) is 31.2 Å². The number of anilines is 1. The van der Waals surface area contributed by atoms with Crippen molar-refractivity contribution >= 4 is 23.2 Å². The third kappa shape index (κ3) is 5.03. The van der Waals surface area contributed by atoms with Crippen LogP contribution in [0.25, 0.3) is 0 Å². The summed E-state index contributed by atoms with van der Waals surface area (Å²) in [5.41, 5.74) is 6.75. The van der Waals surface area contributed by atoms with Crippen molar-refractivity contribution in [2.75, 3.05) is 5.32 Å².